The topological polar surface area (TPSA) is 48.7 Å². The summed E-state index contributed by atoms with van der Waals surface area (Å²) in [6, 6.07) is 1.80. The summed E-state index contributed by atoms with van der Waals surface area (Å²) < 4.78 is 12.7. The molecule has 1 atom stereocenters. The minimum atomic E-state index is 0.0811. The van der Waals surface area contributed by atoms with Crippen molar-refractivity contribution in [3.63, 3.8) is 0 Å². The zero-order chi connectivity index (χ0) is 13.8. The van der Waals surface area contributed by atoms with E-state index in [1.165, 1.54) is 5.69 Å². The fraction of sp³-hybridized carbons (Fsp3) is 0.571. The first-order chi connectivity index (χ1) is 8.97. The summed E-state index contributed by atoms with van der Waals surface area (Å²) in [6.45, 7) is 6.70. The van der Waals surface area contributed by atoms with Gasteiger partial charge in [-0.2, -0.15) is 4.98 Å². The van der Waals surface area contributed by atoms with Crippen molar-refractivity contribution < 1.29 is 9.47 Å². The number of aromatic nitrogens is 3. The second kappa shape index (κ2) is 3.85. The van der Waals surface area contributed by atoms with Gasteiger partial charge in [0.2, 0.25) is 17.5 Å². The van der Waals surface area contributed by atoms with Gasteiger partial charge in [-0.05, 0) is 6.42 Å². The van der Waals surface area contributed by atoms with Crippen molar-refractivity contribution in [2.45, 2.75) is 38.5 Å². The number of hydrogen-bond donors (Lipinski definition) is 0. The molecule has 0 radical (unpaired) electrons. The Morgan fingerprint density at radius 2 is 2.00 bits per heavy atom. The lowest BCUT2D eigenvalue weighted by Crippen LogP contribution is -2.16. The molecule has 0 saturated heterocycles. The van der Waals surface area contributed by atoms with Crippen molar-refractivity contribution in [2.24, 2.45) is 0 Å². The SMILES string of the molecule is COc1cc(OC)n2c3c(nc2n1)C(C)CC3(C)C. The maximum absolute atomic E-state index is 5.49. The third-order valence-electron chi connectivity index (χ3n) is 3.91. The number of hydrogen-bond acceptors (Lipinski definition) is 4. The Morgan fingerprint density at radius 3 is 2.63 bits per heavy atom. The van der Waals surface area contributed by atoms with E-state index in [2.05, 4.69) is 30.7 Å². The third kappa shape index (κ3) is 1.60. The first-order valence-corrected chi connectivity index (χ1v) is 6.50. The summed E-state index contributed by atoms with van der Waals surface area (Å²) >= 11 is 0. The van der Waals surface area contributed by atoms with Gasteiger partial charge in [-0.3, -0.25) is 4.40 Å². The van der Waals surface area contributed by atoms with Crippen LogP contribution in [0.3, 0.4) is 0 Å². The van der Waals surface area contributed by atoms with Gasteiger partial charge in [-0.1, -0.05) is 20.8 Å². The molecule has 1 unspecified atom stereocenters. The second-order valence-electron chi connectivity index (χ2n) is 5.81. The van der Waals surface area contributed by atoms with E-state index in [0.717, 1.165) is 18.0 Å². The van der Waals surface area contributed by atoms with Crippen LogP contribution < -0.4 is 9.47 Å². The van der Waals surface area contributed by atoms with E-state index in [9.17, 15) is 0 Å². The molecule has 0 aliphatic heterocycles. The molecule has 5 heteroatoms. The lowest BCUT2D eigenvalue weighted by Gasteiger charge is -2.20. The molecular weight excluding hydrogens is 242 g/mol. The molecule has 1 aliphatic rings. The molecule has 0 amide bonds. The van der Waals surface area contributed by atoms with Crippen LogP contribution in [0.15, 0.2) is 6.07 Å². The van der Waals surface area contributed by atoms with E-state index < -0.39 is 0 Å². The van der Waals surface area contributed by atoms with Crippen molar-refractivity contribution in [1.29, 1.82) is 0 Å². The fourth-order valence-corrected chi connectivity index (χ4v) is 3.22. The summed E-state index contributed by atoms with van der Waals surface area (Å²) in [7, 11) is 3.26. The van der Waals surface area contributed by atoms with E-state index in [0.29, 0.717) is 17.6 Å². The Balaban J connectivity index is 2.37. The van der Waals surface area contributed by atoms with Gasteiger partial charge >= 0.3 is 0 Å². The number of imidazole rings is 1. The lowest BCUT2D eigenvalue weighted by atomic mass is 9.89. The van der Waals surface area contributed by atoms with Crippen molar-refractivity contribution in [3.05, 3.63) is 17.5 Å². The van der Waals surface area contributed by atoms with Gasteiger partial charge < -0.3 is 9.47 Å². The number of nitrogens with zero attached hydrogens (tertiary/aromatic N) is 3. The number of ether oxygens (including phenoxy) is 2. The Kier molecular flexibility index (Phi) is 2.49. The van der Waals surface area contributed by atoms with Gasteiger partial charge in [0, 0.05) is 11.3 Å². The van der Waals surface area contributed by atoms with Crippen molar-refractivity contribution in [3.8, 4) is 11.8 Å². The van der Waals surface area contributed by atoms with Crippen molar-refractivity contribution in [1.82, 2.24) is 14.4 Å². The molecule has 0 N–H and O–H groups in total. The molecule has 3 rings (SSSR count). The van der Waals surface area contributed by atoms with E-state index in [1.54, 1.807) is 20.3 Å². The molecule has 1 aliphatic carbocycles. The van der Waals surface area contributed by atoms with E-state index in [4.69, 9.17) is 9.47 Å². The first-order valence-electron chi connectivity index (χ1n) is 6.50. The van der Waals surface area contributed by atoms with Crippen LogP contribution in [0.25, 0.3) is 5.78 Å². The monoisotopic (exact) mass is 261 g/mol. The highest BCUT2D eigenvalue weighted by molar-refractivity contribution is 5.48. The largest absolute Gasteiger partial charge is 0.482 e. The summed E-state index contributed by atoms with van der Waals surface area (Å²) in [5.41, 5.74) is 2.42. The molecule has 2 aromatic rings. The van der Waals surface area contributed by atoms with E-state index in [-0.39, 0.29) is 5.41 Å². The molecule has 0 spiro atoms. The summed E-state index contributed by atoms with van der Waals surface area (Å²) in [4.78, 5) is 9.09. The molecular formula is C14H19N3O2. The highest BCUT2D eigenvalue weighted by Gasteiger charge is 2.40. The van der Waals surface area contributed by atoms with Crippen LogP contribution in [0.2, 0.25) is 0 Å². The molecule has 0 bridgehead atoms. The van der Waals surface area contributed by atoms with Crippen LogP contribution in [-0.2, 0) is 5.41 Å². The van der Waals surface area contributed by atoms with Crippen LogP contribution >= 0.6 is 0 Å². The third-order valence-corrected chi connectivity index (χ3v) is 3.91. The van der Waals surface area contributed by atoms with Gasteiger partial charge in [0.05, 0.1) is 31.7 Å². The van der Waals surface area contributed by atoms with Gasteiger partial charge in [0.25, 0.3) is 0 Å². The minimum Gasteiger partial charge on any atom is -0.482 e. The Labute approximate surface area is 112 Å². The van der Waals surface area contributed by atoms with Crippen LogP contribution in [-0.4, -0.2) is 28.6 Å². The summed E-state index contributed by atoms with van der Waals surface area (Å²) in [5, 5.41) is 0. The summed E-state index contributed by atoms with van der Waals surface area (Å²) in [5.74, 6) is 2.35. The van der Waals surface area contributed by atoms with Crippen LogP contribution in [0, 0.1) is 0 Å². The average molecular weight is 261 g/mol. The standard InChI is InChI=1S/C14H19N3O2/c1-8-7-14(2,3)12-11(8)16-13-15-9(18-4)6-10(19-5)17(12)13/h6,8H,7H2,1-5H3. The van der Waals surface area contributed by atoms with Crippen LogP contribution in [0.5, 0.6) is 11.8 Å². The Hall–Kier alpha value is -1.78. The number of rotatable bonds is 2. The average Bonchev–Trinajstić information content (AvgIpc) is 2.85. The van der Waals surface area contributed by atoms with Gasteiger partial charge in [-0.15, -0.1) is 0 Å². The molecule has 2 aromatic heterocycles. The smallest absolute Gasteiger partial charge is 0.240 e. The molecule has 2 heterocycles. The van der Waals surface area contributed by atoms with Crippen molar-refractivity contribution >= 4 is 5.78 Å². The maximum atomic E-state index is 5.49. The number of fused-ring (bicyclic) bond motifs is 3. The zero-order valence-corrected chi connectivity index (χ0v) is 12.0. The van der Waals surface area contributed by atoms with Crippen LogP contribution in [0.4, 0.5) is 0 Å². The van der Waals surface area contributed by atoms with Gasteiger partial charge in [0.1, 0.15) is 0 Å². The summed E-state index contributed by atoms with van der Waals surface area (Å²) in [6.07, 6.45) is 1.10. The molecule has 19 heavy (non-hydrogen) atoms. The molecule has 102 valence electrons. The molecule has 0 aromatic carbocycles. The van der Waals surface area contributed by atoms with Crippen LogP contribution in [0.1, 0.15) is 44.5 Å². The lowest BCUT2D eigenvalue weighted by molar-refractivity contribution is 0.364. The number of methoxy groups -OCH3 is 2. The predicted octanol–water partition coefficient (Wildman–Crippen LogP) is 2.53. The predicted molar refractivity (Wildman–Crippen MR) is 72.1 cm³/mol. The molecule has 0 saturated carbocycles. The van der Waals surface area contributed by atoms with E-state index in [1.807, 2.05) is 4.40 Å². The zero-order valence-electron chi connectivity index (χ0n) is 12.0. The molecule has 0 fully saturated rings. The Morgan fingerprint density at radius 1 is 1.26 bits per heavy atom. The van der Waals surface area contributed by atoms with Crippen molar-refractivity contribution in [2.75, 3.05) is 14.2 Å². The highest BCUT2D eigenvalue weighted by Crippen LogP contribution is 2.46. The van der Waals surface area contributed by atoms with Gasteiger partial charge in [0.15, 0.2) is 0 Å². The normalized spacial score (nSPS) is 20.6. The van der Waals surface area contributed by atoms with E-state index >= 15 is 0 Å². The quantitative estimate of drug-likeness (QED) is 0.833. The highest BCUT2D eigenvalue weighted by atomic mass is 16.5. The fourth-order valence-electron chi connectivity index (χ4n) is 3.22. The second-order valence-corrected chi connectivity index (χ2v) is 5.81. The maximum Gasteiger partial charge on any atom is 0.240 e. The molecule has 5 nitrogen and oxygen atoms in total. The minimum absolute atomic E-state index is 0.0811. The first kappa shape index (κ1) is 12.3. The van der Waals surface area contributed by atoms with Gasteiger partial charge in [-0.25, -0.2) is 4.98 Å². The Bertz CT molecular complexity index is 646.